The number of nitrogens with one attached hydrogen (secondary N) is 1. The maximum Gasteiger partial charge on any atom is 0.231 e. The third-order valence-electron chi connectivity index (χ3n) is 3.11. The molecular weight excluding hydrogens is 310 g/mol. The lowest BCUT2D eigenvalue weighted by atomic mass is 10.4. The molecule has 0 atom stereocenters. The number of morpholine rings is 1. The Morgan fingerprint density at radius 1 is 1.29 bits per heavy atom. The fraction of sp³-hybridized carbons (Fsp3) is 0.462. The van der Waals surface area contributed by atoms with Crippen LogP contribution < -0.4 is 10.2 Å². The normalized spacial score (nSPS) is 15.2. The number of nitrogens with zero attached hydrogens (tertiary/aromatic N) is 4. The third-order valence-corrected chi connectivity index (χ3v) is 4.28. The summed E-state index contributed by atoms with van der Waals surface area (Å²) in [6.07, 6.45) is 0. The van der Waals surface area contributed by atoms with Gasteiger partial charge >= 0.3 is 0 Å². The van der Waals surface area contributed by atoms with E-state index in [1.807, 2.05) is 0 Å². The van der Waals surface area contributed by atoms with Crippen molar-refractivity contribution in [3.05, 3.63) is 27.2 Å². The van der Waals surface area contributed by atoms with Crippen molar-refractivity contribution in [2.75, 3.05) is 36.5 Å². The standard InChI is InChI=1S/C13H16ClN5OS/c1-9-2-3-10(21-9)8-15-12-16-11(14)17-13(18-12)19-4-6-20-7-5-19/h2-3H,4-8H2,1H3,(H,15,16,17,18). The summed E-state index contributed by atoms with van der Waals surface area (Å²) in [6.45, 7) is 5.67. The van der Waals surface area contributed by atoms with Crippen LogP contribution in [-0.2, 0) is 11.3 Å². The average molecular weight is 326 g/mol. The van der Waals surface area contributed by atoms with Gasteiger partial charge in [-0.2, -0.15) is 15.0 Å². The van der Waals surface area contributed by atoms with E-state index in [0.29, 0.717) is 31.7 Å². The zero-order valence-corrected chi connectivity index (χ0v) is 13.2. The van der Waals surface area contributed by atoms with Gasteiger partial charge in [0.2, 0.25) is 17.2 Å². The summed E-state index contributed by atoms with van der Waals surface area (Å²) in [5.41, 5.74) is 0. The molecule has 0 saturated carbocycles. The number of rotatable bonds is 4. The second-order valence-electron chi connectivity index (χ2n) is 4.69. The number of hydrogen-bond acceptors (Lipinski definition) is 7. The largest absolute Gasteiger partial charge is 0.378 e. The van der Waals surface area contributed by atoms with Gasteiger partial charge in [0.15, 0.2) is 0 Å². The molecule has 0 aromatic carbocycles. The number of hydrogen-bond donors (Lipinski definition) is 1. The molecule has 0 aliphatic carbocycles. The molecule has 6 nitrogen and oxygen atoms in total. The quantitative estimate of drug-likeness (QED) is 0.931. The molecule has 1 saturated heterocycles. The average Bonchev–Trinajstić information content (AvgIpc) is 2.91. The van der Waals surface area contributed by atoms with E-state index in [1.54, 1.807) is 11.3 Å². The van der Waals surface area contributed by atoms with Gasteiger partial charge in [-0.15, -0.1) is 11.3 Å². The molecule has 2 aromatic heterocycles. The topological polar surface area (TPSA) is 63.2 Å². The Kier molecular flexibility index (Phi) is 4.52. The Bertz CT molecular complexity index is 614. The molecule has 1 aliphatic heterocycles. The highest BCUT2D eigenvalue weighted by Crippen LogP contribution is 2.18. The molecule has 0 bridgehead atoms. The molecule has 1 aliphatic rings. The van der Waals surface area contributed by atoms with Crippen molar-refractivity contribution in [2.45, 2.75) is 13.5 Å². The monoisotopic (exact) mass is 325 g/mol. The summed E-state index contributed by atoms with van der Waals surface area (Å²) < 4.78 is 5.33. The minimum Gasteiger partial charge on any atom is -0.378 e. The third kappa shape index (κ3) is 3.81. The highest BCUT2D eigenvalue weighted by atomic mass is 35.5. The SMILES string of the molecule is Cc1ccc(CNc2nc(Cl)nc(N3CCOCC3)n2)s1. The number of ether oxygens (including phenoxy) is 1. The lowest BCUT2D eigenvalue weighted by Gasteiger charge is -2.26. The van der Waals surface area contributed by atoms with Crippen LogP contribution in [0.3, 0.4) is 0 Å². The summed E-state index contributed by atoms with van der Waals surface area (Å²) in [6, 6.07) is 4.19. The van der Waals surface area contributed by atoms with Crippen LogP contribution in [0.15, 0.2) is 12.1 Å². The zero-order valence-electron chi connectivity index (χ0n) is 11.7. The maximum atomic E-state index is 6.00. The van der Waals surface area contributed by atoms with Gasteiger partial charge in [-0.05, 0) is 30.7 Å². The van der Waals surface area contributed by atoms with Crippen LogP contribution >= 0.6 is 22.9 Å². The number of halogens is 1. The highest BCUT2D eigenvalue weighted by Gasteiger charge is 2.16. The van der Waals surface area contributed by atoms with Gasteiger partial charge in [0, 0.05) is 22.8 Å². The predicted molar refractivity (Wildman–Crippen MR) is 84.3 cm³/mol. The van der Waals surface area contributed by atoms with Crippen LogP contribution in [0.2, 0.25) is 5.28 Å². The molecule has 2 aromatic rings. The summed E-state index contributed by atoms with van der Waals surface area (Å²) >= 11 is 7.75. The van der Waals surface area contributed by atoms with Gasteiger partial charge in [-0.3, -0.25) is 0 Å². The fourth-order valence-electron chi connectivity index (χ4n) is 2.07. The van der Waals surface area contributed by atoms with Crippen LogP contribution in [0.5, 0.6) is 0 Å². The molecule has 0 unspecified atom stereocenters. The maximum absolute atomic E-state index is 6.00. The molecule has 112 valence electrons. The molecule has 1 fully saturated rings. The van der Waals surface area contributed by atoms with Gasteiger partial charge in [0.05, 0.1) is 19.8 Å². The van der Waals surface area contributed by atoms with Gasteiger partial charge in [-0.25, -0.2) is 0 Å². The van der Waals surface area contributed by atoms with E-state index in [1.165, 1.54) is 9.75 Å². The lowest BCUT2D eigenvalue weighted by molar-refractivity contribution is 0.122. The lowest BCUT2D eigenvalue weighted by Crippen LogP contribution is -2.37. The minimum atomic E-state index is 0.205. The van der Waals surface area contributed by atoms with Crippen molar-refractivity contribution in [1.82, 2.24) is 15.0 Å². The van der Waals surface area contributed by atoms with Crippen molar-refractivity contribution >= 4 is 34.8 Å². The fourth-order valence-corrected chi connectivity index (χ4v) is 3.06. The number of anilines is 2. The molecule has 3 rings (SSSR count). The second kappa shape index (κ2) is 6.55. The Labute approximate surface area is 132 Å². The van der Waals surface area contributed by atoms with Gasteiger partial charge < -0.3 is 15.0 Å². The Hall–Kier alpha value is -1.44. The van der Waals surface area contributed by atoms with Crippen LogP contribution in [0.1, 0.15) is 9.75 Å². The molecule has 0 amide bonds. The predicted octanol–water partition coefficient (Wildman–Crippen LogP) is 2.34. The van der Waals surface area contributed by atoms with Crippen LogP contribution in [0, 0.1) is 6.92 Å². The van der Waals surface area contributed by atoms with Gasteiger partial charge in [0.1, 0.15) is 0 Å². The highest BCUT2D eigenvalue weighted by molar-refractivity contribution is 7.11. The van der Waals surface area contributed by atoms with Crippen molar-refractivity contribution in [2.24, 2.45) is 0 Å². The van der Waals surface area contributed by atoms with E-state index < -0.39 is 0 Å². The first kappa shape index (κ1) is 14.5. The summed E-state index contributed by atoms with van der Waals surface area (Å²) in [5, 5.41) is 3.41. The van der Waals surface area contributed by atoms with E-state index in [-0.39, 0.29) is 5.28 Å². The first-order valence-corrected chi connectivity index (χ1v) is 7.93. The van der Waals surface area contributed by atoms with Crippen molar-refractivity contribution in [3.8, 4) is 0 Å². The molecule has 8 heteroatoms. The van der Waals surface area contributed by atoms with Crippen molar-refractivity contribution in [1.29, 1.82) is 0 Å². The second-order valence-corrected chi connectivity index (χ2v) is 6.40. The number of aromatic nitrogens is 3. The van der Waals surface area contributed by atoms with Crippen LogP contribution in [-0.4, -0.2) is 41.3 Å². The molecule has 21 heavy (non-hydrogen) atoms. The van der Waals surface area contributed by atoms with Crippen LogP contribution in [0.4, 0.5) is 11.9 Å². The van der Waals surface area contributed by atoms with E-state index >= 15 is 0 Å². The molecular formula is C13H16ClN5OS. The van der Waals surface area contributed by atoms with Gasteiger partial charge in [0.25, 0.3) is 0 Å². The summed E-state index contributed by atoms with van der Waals surface area (Å²) in [5.74, 6) is 1.10. The van der Waals surface area contributed by atoms with E-state index in [0.717, 1.165) is 13.1 Å². The summed E-state index contributed by atoms with van der Waals surface area (Å²) in [7, 11) is 0. The van der Waals surface area contributed by atoms with Crippen LogP contribution in [0.25, 0.3) is 0 Å². The van der Waals surface area contributed by atoms with E-state index in [9.17, 15) is 0 Å². The smallest absolute Gasteiger partial charge is 0.231 e. The van der Waals surface area contributed by atoms with Crippen molar-refractivity contribution < 1.29 is 4.74 Å². The first-order chi connectivity index (χ1) is 10.2. The Balaban J connectivity index is 1.71. The zero-order chi connectivity index (χ0) is 14.7. The molecule has 0 radical (unpaired) electrons. The van der Waals surface area contributed by atoms with E-state index in [4.69, 9.17) is 16.3 Å². The minimum absolute atomic E-state index is 0.205. The molecule has 0 spiro atoms. The Morgan fingerprint density at radius 2 is 2.10 bits per heavy atom. The molecule has 3 heterocycles. The Morgan fingerprint density at radius 3 is 2.81 bits per heavy atom. The van der Waals surface area contributed by atoms with Crippen molar-refractivity contribution in [3.63, 3.8) is 0 Å². The number of aryl methyl sites for hydroxylation is 1. The number of thiophene rings is 1. The summed E-state index contributed by atoms with van der Waals surface area (Å²) in [4.78, 5) is 17.3. The molecule has 1 N–H and O–H groups in total. The van der Waals surface area contributed by atoms with Gasteiger partial charge in [-0.1, -0.05) is 0 Å². The van der Waals surface area contributed by atoms with E-state index in [2.05, 4.69) is 44.2 Å². The first-order valence-electron chi connectivity index (χ1n) is 6.74.